The number of nitro groups is 1. The van der Waals surface area contributed by atoms with E-state index >= 15 is 0 Å². The van der Waals surface area contributed by atoms with Crippen LogP contribution in [0.2, 0.25) is 0 Å². The Morgan fingerprint density at radius 1 is 1.17 bits per heavy atom. The molecule has 0 aliphatic carbocycles. The molecule has 0 bridgehead atoms. The third kappa shape index (κ3) is 4.87. The minimum absolute atomic E-state index is 0.0516. The molecule has 1 amide bonds. The molecule has 0 fully saturated rings. The van der Waals surface area contributed by atoms with E-state index in [1.807, 2.05) is 18.2 Å². The maximum atomic E-state index is 11.7. The van der Waals surface area contributed by atoms with Crippen molar-refractivity contribution in [3.8, 4) is 11.5 Å². The first kappa shape index (κ1) is 17.1. The third-order valence-electron chi connectivity index (χ3n) is 2.96. The van der Waals surface area contributed by atoms with Gasteiger partial charge in [0.05, 0.1) is 23.8 Å². The topological polar surface area (TPSA) is 99.9 Å². The van der Waals surface area contributed by atoms with E-state index in [1.54, 1.807) is 12.1 Å². The fraction of sp³-hybridized carbons (Fsp3) is 0.188. The largest absolute Gasteiger partial charge is 0.494 e. The van der Waals surface area contributed by atoms with Crippen molar-refractivity contribution in [1.82, 2.24) is 0 Å². The monoisotopic (exact) mass is 332 g/mol. The molecule has 0 aliphatic heterocycles. The number of carbonyl (C=O) groups excluding carboxylic acids is 1. The van der Waals surface area contributed by atoms with Gasteiger partial charge in [0.1, 0.15) is 24.7 Å². The molecular weight excluding hydrogens is 316 g/mol. The summed E-state index contributed by atoms with van der Waals surface area (Å²) < 4.78 is 15.4. The van der Waals surface area contributed by atoms with Gasteiger partial charge >= 0.3 is 6.09 Å². The van der Waals surface area contributed by atoms with Crippen LogP contribution >= 0.6 is 0 Å². The minimum atomic E-state index is -0.709. The summed E-state index contributed by atoms with van der Waals surface area (Å²) in [5.74, 6) is 0.847. The van der Waals surface area contributed by atoms with Gasteiger partial charge in [0.15, 0.2) is 0 Å². The predicted octanol–water partition coefficient (Wildman–Crippen LogP) is 3.23. The summed E-state index contributed by atoms with van der Waals surface area (Å²) in [5.41, 5.74) is 0.138. The first-order valence-electron chi connectivity index (χ1n) is 7.04. The second-order valence-corrected chi connectivity index (χ2v) is 4.56. The van der Waals surface area contributed by atoms with Crippen molar-refractivity contribution in [3.63, 3.8) is 0 Å². The number of non-ortho nitro benzene ring substituents is 1. The van der Waals surface area contributed by atoms with Crippen molar-refractivity contribution in [2.24, 2.45) is 0 Å². The van der Waals surface area contributed by atoms with Gasteiger partial charge in [-0.25, -0.2) is 4.79 Å². The number of amides is 1. The number of ether oxygens (including phenoxy) is 3. The van der Waals surface area contributed by atoms with Crippen molar-refractivity contribution < 1.29 is 23.9 Å². The Bertz CT molecular complexity index is 705. The van der Waals surface area contributed by atoms with Crippen molar-refractivity contribution in [3.05, 3.63) is 58.6 Å². The number of nitrogens with one attached hydrogen (secondary N) is 1. The van der Waals surface area contributed by atoms with Crippen LogP contribution in [0.5, 0.6) is 11.5 Å². The molecule has 8 nitrogen and oxygen atoms in total. The van der Waals surface area contributed by atoms with Crippen molar-refractivity contribution in [2.75, 3.05) is 25.6 Å². The number of rotatable bonds is 7. The van der Waals surface area contributed by atoms with E-state index in [2.05, 4.69) is 5.32 Å². The van der Waals surface area contributed by atoms with Gasteiger partial charge in [-0.2, -0.15) is 0 Å². The van der Waals surface area contributed by atoms with E-state index in [0.29, 0.717) is 5.75 Å². The quantitative estimate of drug-likeness (QED) is 0.475. The molecule has 0 spiro atoms. The second-order valence-electron chi connectivity index (χ2n) is 4.56. The Balaban J connectivity index is 1.82. The molecule has 0 saturated carbocycles. The first-order chi connectivity index (χ1) is 11.6. The number of hydrogen-bond acceptors (Lipinski definition) is 6. The summed E-state index contributed by atoms with van der Waals surface area (Å²) in [7, 11) is 1.35. The van der Waals surface area contributed by atoms with E-state index in [-0.39, 0.29) is 30.3 Å². The first-order valence-corrected chi connectivity index (χ1v) is 7.04. The third-order valence-corrected chi connectivity index (χ3v) is 2.96. The van der Waals surface area contributed by atoms with Crippen LogP contribution in [0.25, 0.3) is 0 Å². The molecule has 2 aromatic rings. The SMILES string of the molecule is COc1cc([N+](=O)[O-])ccc1NC(=O)OCCOc1ccccc1. The van der Waals surface area contributed by atoms with E-state index in [9.17, 15) is 14.9 Å². The van der Waals surface area contributed by atoms with Gasteiger partial charge in [0.2, 0.25) is 0 Å². The zero-order chi connectivity index (χ0) is 17.4. The van der Waals surface area contributed by atoms with Crippen LogP contribution in [-0.4, -0.2) is 31.3 Å². The number of hydrogen-bond donors (Lipinski definition) is 1. The second kappa shape index (κ2) is 8.37. The molecule has 0 saturated heterocycles. The molecule has 0 atom stereocenters. The lowest BCUT2D eigenvalue weighted by atomic mass is 10.2. The molecule has 2 aromatic carbocycles. The average Bonchev–Trinajstić information content (AvgIpc) is 2.59. The smallest absolute Gasteiger partial charge is 0.411 e. The zero-order valence-corrected chi connectivity index (χ0v) is 12.9. The lowest BCUT2D eigenvalue weighted by Crippen LogP contribution is -2.18. The molecule has 126 valence electrons. The standard InChI is InChI=1S/C16H16N2O6/c1-22-15-11-12(18(20)21)7-8-14(15)17-16(19)24-10-9-23-13-5-3-2-4-6-13/h2-8,11H,9-10H2,1H3,(H,17,19). The molecule has 0 aliphatic rings. The normalized spacial score (nSPS) is 9.88. The van der Waals surface area contributed by atoms with Gasteiger partial charge in [-0.3, -0.25) is 15.4 Å². The van der Waals surface area contributed by atoms with Crippen LogP contribution in [0, 0.1) is 10.1 Å². The molecule has 8 heteroatoms. The predicted molar refractivity (Wildman–Crippen MR) is 86.6 cm³/mol. The molecule has 0 heterocycles. The maximum Gasteiger partial charge on any atom is 0.411 e. The van der Waals surface area contributed by atoms with Crippen LogP contribution in [0.4, 0.5) is 16.2 Å². The van der Waals surface area contributed by atoms with E-state index < -0.39 is 11.0 Å². The van der Waals surface area contributed by atoms with Gasteiger partial charge < -0.3 is 14.2 Å². The number of benzene rings is 2. The molecular formula is C16H16N2O6. The molecule has 1 N–H and O–H groups in total. The van der Waals surface area contributed by atoms with Gasteiger partial charge in [-0.1, -0.05) is 18.2 Å². The molecule has 2 rings (SSSR count). The van der Waals surface area contributed by atoms with Gasteiger partial charge in [-0.15, -0.1) is 0 Å². The summed E-state index contributed by atoms with van der Waals surface area (Å²) in [6.45, 7) is 0.255. The highest BCUT2D eigenvalue weighted by Gasteiger charge is 2.13. The number of methoxy groups -OCH3 is 1. The van der Waals surface area contributed by atoms with E-state index in [4.69, 9.17) is 14.2 Å². The number of carbonyl (C=O) groups is 1. The van der Waals surface area contributed by atoms with Crippen LogP contribution in [0.3, 0.4) is 0 Å². The fourth-order valence-electron chi connectivity index (χ4n) is 1.85. The Morgan fingerprint density at radius 2 is 1.92 bits per heavy atom. The fourth-order valence-corrected chi connectivity index (χ4v) is 1.85. The number of para-hydroxylation sites is 1. The highest BCUT2D eigenvalue weighted by molar-refractivity contribution is 5.87. The average molecular weight is 332 g/mol. The van der Waals surface area contributed by atoms with Crippen molar-refractivity contribution in [1.29, 1.82) is 0 Å². The maximum absolute atomic E-state index is 11.7. The highest BCUT2D eigenvalue weighted by atomic mass is 16.6. The molecule has 24 heavy (non-hydrogen) atoms. The van der Waals surface area contributed by atoms with Crippen molar-refractivity contribution in [2.45, 2.75) is 0 Å². The van der Waals surface area contributed by atoms with Crippen LogP contribution in [0.1, 0.15) is 0 Å². The highest BCUT2D eigenvalue weighted by Crippen LogP contribution is 2.29. The molecule has 0 aromatic heterocycles. The van der Waals surface area contributed by atoms with Crippen LogP contribution < -0.4 is 14.8 Å². The Hall–Kier alpha value is -3.29. The summed E-state index contributed by atoms with van der Waals surface area (Å²) in [4.78, 5) is 21.9. The summed E-state index contributed by atoms with van der Waals surface area (Å²) in [6, 6.07) is 13.0. The molecule has 0 radical (unpaired) electrons. The number of nitro benzene ring substituents is 1. The van der Waals surface area contributed by atoms with E-state index in [1.165, 1.54) is 25.3 Å². The Morgan fingerprint density at radius 3 is 2.58 bits per heavy atom. The van der Waals surface area contributed by atoms with Gasteiger partial charge in [0, 0.05) is 6.07 Å². The number of nitrogens with zero attached hydrogens (tertiary/aromatic N) is 1. The summed E-state index contributed by atoms with van der Waals surface area (Å²) >= 11 is 0. The molecule has 0 unspecified atom stereocenters. The van der Waals surface area contributed by atoms with Gasteiger partial charge in [-0.05, 0) is 18.2 Å². The van der Waals surface area contributed by atoms with Crippen LogP contribution in [-0.2, 0) is 4.74 Å². The minimum Gasteiger partial charge on any atom is -0.494 e. The van der Waals surface area contributed by atoms with E-state index in [0.717, 1.165) is 0 Å². The lowest BCUT2D eigenvalue weighted by Gasteiger charge is -2.11. The van der Waals surface area contributed by atoms with Crippen LogP contribution in [0.15, 0.2) is 48.5 Å². The zero-order valence-electron chi connectivity index (χ0n) is 12.9. The summed E-state index contributed by atoms with van der Waals surface area (Å²) in [6.07, 6.45) is -0.709. The lowest BCUT2D eigenvalue weighted by molar-refractivity contribution is -0.384. The summed E-state index contributed by atoms with van der Waals surface area (Å²) in [5, 5.41) is 13.2. The van der Waals surface area contributed by atoms with Crippen molar-refractivity contribution >= 4 is 17.5 Å². The number of anilines is 1. The van der Waals surface area contributed by atoms with Gasteiger partial charge in [0.25, 0.3) is 5.69 Å². The Labute approximate surface area is 138 Å². The Kier molecular flexibility index (Phi) is 5.95.